The van der Waals surface area contributed by atoms with E-state index in [0.717, 1.165) is 28.8 Å². The van der Waals surface area contributed by atoms with Crippen LogP contribution < -0.4 is 10.2 Å². The average molecular weight is 416 g/mol. The normalized spacial score (nSPS) is 21.0. The molecule has 0 fully saturated rings. The third kappa shape index (κ3) is 3.14. The molecule has 0 radical (unpaired) electrons. The zero-order valence-corrected chi connectivity index (χ0v) is 15.9. The highest BCUT2D eigenvalue weighted by Gasteiger charge is 2.47. The van der Waals surface area contributed by atoms with Crippen LogP contribution in [0.5, 0.6) is 0 Å². The maximum absolute atomic E-state index is 13.8. The van der Waals surface area contributed by atoms with Gasteiger partial charge in [-0.1, -0.05) is 18.2 Å². The molecular formula is C21H19F3N4O2. The fourth-order valence-corrected chi connectivity index (χ4v) is 4.24. The minimum absolute atomic E-state index is 0.0106. The second-order valence-corrected chi connectivity index (χ2v) is 7.55. The van der Waals surface area contributed by atoms with Gasteiger partial charge in [-0.05, 0) is 36.6 Å². The molecule has 0 spiro atoms. The van der Waals surface area contributed by atoms with Crippen LogP contribution in [-0.4, -0.2) is 28.4 Å². The van der Waals surface area contributed by atoms with Gasteiger partial charge >= 0.3 is 6.18 Å². The van der Waals surface area contributed by atoms with E-state index < -0.39 is 24.2 Å². The van der Waals surface area contributed by atoms with Gasteiger partial charge in [0, 0.05) is 24.7 Å². The van der Waals surface area contributed by atoms with E-state index in [1.807, 2.05) is 24.3 Å². The molecule has 2 aliphatic heterocycles. The van der Waals surface area contributed by atoms with E-state index in [4.69, 9.17) is 4.42 Å². The molecule has 2 atom stereocenters. The Hall–Kier alpha value is -3.23. The second kappa shape index (κ2) is 6.93. The summed E-state index contributed by atoms with van der Waals surface area (Å²) in [5.74, 6) is 0.162. The summed E-state index contributed by atoms with van der Waals surface area (Å²) in [4.78, 5) is 14.8. The zero-order valence-electron chi connectivity index (χ0n) is 15.9. The van der Waals surface area contributed by atoms with Gasteiger partial charge in [0.15, 0.2) is 11.7 Å². The molecule has 1 N–H and O–H groups in total. The molecule has 2 aliphatic rings. The number of furan rings is 1. The Bertz CT molecular complexity index is 1070. The monoisotopic (exact) mass is 416 g/mol. The average Bonchev–Trinajstić information content (AvgIpc) is 3.41. The summed E-state index contributed by atoms with van der Waals surface area (Å²) in [7, 11) is 0. The summed E-state index contributed by atoms with van der Waals surface area (Å²) in [6.07, 6.45) is -1.70. The Morgan fingerprint density at radius 1 is 1.20 bits per heavy atom. The minimum atomic E-state index is -4.51. The molecule has 5 rings (SSSR count). The number of carbonyl (C=O) groups is 1. The number of hydrogen-bond donors (Lipinski definition) is 1. The van der Waals surface area contributed by atoms with Crippen LogP contribution in [0.15, 0.2) is 53.1 Å². The lowest BCUT2D eigenvalue weighted by molar-refractivity contribution is -0.174. The lowest BCUT2D eigenvalue weighted by atomic mass is 10.0. The standard InChI is InChI=1S/C21H19F3N4O2/c22-21(23,24)18-11-14(17-8-4-10-30-17)25-19-12-15(26-28(18)19)20(29)27-9-3-6-13-5-1-2-7-16(13)27/h1-2,4-5,7-8,10,12,14,18,25H,3,6,9,11H2. The minimum Gasteiger partial charge on any atom is -0.467 e. The van der Waals surface area contributed by atoms with Crippen LogP contribution in [0.1, 0.15) is 46.7 Å². The van der Waals surface area contributed by atoms with Crippen molar-refractivity contribution in [2.24, 2.45) is 0 Å². The first-order chi connectivity index (χ1) is 14.4. The van der Waals surface area contributed by atoms with E-state index in [2.05, 4.69) is 10.4 Å². The van der Waals surface area contributed by atoms with Crippen molar-refractivity contribution in [1.29, 1.82) is 0 Å². The van der Waals surface area contributed by atoms with Gasteiger partial charge in [-0.3, -0.25) is 4.79 Å². The van der Waals surface area contributed by atoms with Crippen LogP contribution >= 0.6 is 0 Å². The smallest absolute Gasteiger partial charge is 0.410 e. The number of alkyl halides is 3. The topological polar surface area (TPSA) is 63.3 Å². The molecule has 4 heterocycles. The number of rotatable bonds is 2. The predicted molar refractivity (Wildman–Crippen MR) is 103 cm³/mol. The quantitative estimate of drug-likeness (QED) is 0.656. The molecule has 2 unspecified atom stereocenters. The second-order valence-electron chi connectivity index (χ2n) is 7.55. The number of nitrogens with zero attached hydrogens (tertiary/aromatic N) is 3. The van der Waals surface area contributed by atoms with Crippen LogP contribution in [0, 0.1) is 0 Å². The first kappa shape index (κ1) is 18.8. The third-order valence-electron chi connectivity index (χ3n) is 5.65. The van der Waals surface area contributed by atoms with Gasteiger partial charge < -0.3 is 14.6 Å². The molecule has 1 aromatic carbocycles. The molecule has 9 heteroatoms. The van der Waals surface area contributed by atoms with Gasteiger partial charge in [0.2, 0.25) is 0 Å². The van der Waals surface area contributed by atoms with E-state index in [1.54, 1.807) is 17.0 Å². The Labute approximate surface area is 170 Å². The fourth-order valence-electron chi connectivity index (χ4n) is 4.24. The van der Waals surface area contributed by atoms with E-state index >= 15 is 0 Å². The van der Waals surface area contributed by atoms with Crippen LogP contribution in [-0.2, 0) is 6.42 Å². The Morgan fingerprint density at radius 3 is 2.80 bits per heavy atom. The summed E-state index contributed by atoms with van der Waals surface area (Å²) in [5, 5.41) is 7.11. The van der Waals surface area contributed by atoms with Crippen LogP contribution in [0.25, 0.3) is 0 Å². The first-order valence-electron chi connectivity index (χ1n) is 9.78. The number of carbonyl (C=O) groups excluding carboxylic acids is 1. The number of nitrogens with one attached hydrogen (secondary N) is 1. The van der Waals surface area contributed by atoms with Gasteiger partial charge in [0.05, 0.1) is 12.3 Å². The van der Waals surface area contributed by atoms with Crippen molar-refractivity contribution in [1.82, 2.24) is 9.78 Å². The predicted octanol–water partition coefficient (Wildman–Crippen LogP) is 4.73. The number of halogens is 3. The molecule has 0 aliphatic carbocycles. The van der Waals surface area contributed by atoms with Crippen molar-refractivity contribution in [2.45, 2.75) is 37.5 Å². The van der Waals surface area contributed by atoms with Gasteiger partial charge in [-0.15, -0.1) is 0 Å². The number of hydrogen-bond acceptors (Lipinski definition) is 4. The van der Waals surface area contributed by atoms with Gasteiger partial charge in [0.1, 0.15) is 11.6 Å². The maximum atomic E-state index is 13.8. The fraction of sp³-hybridized carbons (Fsp3) is 0.333. The summed E-state index contributed by atoms with van der Waals surface area (Å²) >= 11 is 0. The Balaban J connectivity index is 1.51. The summed E-state index contributed by atoms with van der Waals surface area (Å²) in [6, 6.07) is 9.73. The van der Waals surface area contributed by atoms with Crippen LogP contribution in [0.4, 0.5) is 24.7 Å². The van der Waals surface area contributed by atoms with Crippen molar-refractivity contribution in [3.05, 3.63) is 65.7 Å². The molecule has 0 bridgehead atoms. The molecule has 2 aromatic heterocycles. The molecule has 1 amide bonds. The SMILES string of the molecule is O=C(c1cc2n(n1)C(C(F)(F)F)CC(c1ccco1)N2)N1CCCc2ccccc21. The number of aromatic nitrogens is 2. The highest BCUT2D eigenvalue weighted by atomic mass is 19.4. The third-order valence-corrected chi connectivity index (χ3v) is 5.65. The lowest BCUT2D eigenvalue weighted by Crippen LogP contribution is -2.37. The van der Waals surface area contributed by atoms with Crippen molar-refractivity contribution in [3.8, 4) is 0 Å². The summed E-state index contributed by atoms with van der Waals surface area (Å²) in [5.41, 5.74) is 1.82. The number of anilines is 2. The first-order valence-corrected chi connectivity index (χ1v) is 9.78. The van der Waals surface area contributed by atoms with Crippen LogP contribution in [0.3, 0.4) is 0 Å². The molecule has 156 valence electrons. The number of fused-ring (bicyclic) bond motifs is 2. The summed E-state index contributed by atoms with van der Waals surface area (Å²) in [6.45, 7) is 0.503. The van der Waals surface area contributed by atoms with Gasteiger partial charge in [-0.2, -0.15) is 18.3 Å². The van der Waals surface area contributed by atoms with E-state index in [-0.39, 0.29) is 17.9 Å². The van der Waals surface area contributed by atoms with Crippen molar-refractivity contribution < 1.29 is 22.4 Å². The number of aryl methyl sites for hydroxylation is 1. The Kier molecular flexibility index (Phi) is 4.34. The molecular weight excluding hydrogens is 397 g/mol. The number of para-hydroxylation sites is 1. The van der Waals surface area contributed by atoms with Gasteiger partial charge in [0.25, 0.3) is 5.91 Å². The maximum Gasteiger partial charge on any atom is 0.410 e. The molecule has 0 saturated carbocycles. The van der Waals surface area contributed by atoms with Gasteiger partial charge in [-0.25, -0.2) is 4.68 Å². The Morgan fingerprint density at radius 2 is 2.03 bits per heavy atom. The highest BCUT2D eigenvalue weighted by molar-refractivity contribution is 6.06. The number of amides is 1. The molecule has 6 nitrogen and oxygen atoms in total. The largest absolute Gasteiger partial charge is 0.467 e. The molecule has 0 saturated heterocycles. The highest BCUT2D eigenvalue weighted by Crippen LogP contribution is 2.44. The van der Waals surface area contributed by atoms with E-state index in [0.29, 0.717) is 12.3 Å². The van der Waals surface area contributed by atoms with Crippen molar-refractivity contribution >= 4 is 17.4 Å². The molecule has 3 aromatic rings. The number of benzene rings is 1. The van der Waals surface area contributed by atoms with Crippen LogP contribution in [0.2, 0.25) is 0 Å². The summed E-state index contributed by atoms with van der Waals surface area (Å²) < 4.78 is 47.5. The lowest BCUT2D eigenvalue weighted by Gasteiger charge is -2.32. The van der Waals surface area contributed by atoms with Crippen molar-refractivity contribution in [2.75, 3.05) is 16.8 Å². The van der Waals surface area contributed by atoms with E-state index in [1.165, 1.54) is 12.3 Å². The van der Waals surface area contributed by atoms with Crippen molar-refractivity contribution in [3.63, 3.8) is 0 Å². The van der Waals surface area contributed by atoms with E-state index in [9.17, 15) is 18.0 Å². The molecule has 30 heavy (non-hydrogen) atoms. The zero-order chi connectivity index (χ0) is 20.9.